The Kier molecular flexibility index (Phi) is 16.6. The first-order valence-corrected chi connectivity index (χ1v) is 21.3. The largest absolute Gasteiger partial charge is 0.459 e. The summed E-state index contributed by atoms with van der Waals surface area (Å²) in [4.78, 5) is 29.6. The van der Waals surface area contributed by atoms with Crippen LogP contribution in [-0.2, 0) is 39.8 Å². The quantitative estimate of drug-likeness (QED) is 0.190. The molecule has 1 aromatic heterocycles. The van der Waals surface area contributed by atoms with Gasteiger partial charge in [-0.2, -0.15) is 0 Å². The number of aliphatic hydroxyl groups is 3. The van der Waals surface area contributed by atoms with E-state index in [4.69, 9.17) is 28.4 Å². The molecule has 2 unspecified atom stereocenters. The topological polar surface area (TPSA) is 165 Å². The van der Waals surface area contributed by atoms with Gasteiger partial charge in [-0.1, -0.05) is 39.8 Å². The summed E-state index contributed by atoms with van der Waals surface area (Å²) >= 11 is 4.96. The molecule has 1 amide bonds. The molecule has 0 radical (unpaired) electrons. The van der Waals surface area contributed by atoms with Crippen LogP contribution < -0.4 is 5.32 Å². The predicted octanol–water partition coefficient (Wildman–Crippen LogP) is 5.59. The first-order valence-electron chi connectivity index (χ1n) is 19.7. The summed E-state index contributed by atoms with van der Waals surface area (Å²) in [5.74, 6) is -3.26. The molecule has 0 aliphatic carbocycles. The number of likely N-dealkylation sites (N-methyl/N-ethyl adjacent to an activating group) is 1. The van der Waals surface area contributed by atoms with Gasteiger partial charge in [-0.15, -0.1) is 11.3 Å². The molecule has 318 valence electrons. The first kappa shape index (κ1) is 46.8. The van der Waals surface area contributed by atoms with Crippen molar-refractivity contribution < 1.29 is 53.3 Å². The second-order valence-electron chi connectivity index (χ2n) is 16.7. The van der Waals surface area contributed by atoms with Crippen molar-refractivity contribution >= 4 is 39.3 Å². The van der Waals surface area contributed by atoms with Gasteiger partial charge in [0.1, 0.15) is 24.4 Å². The molecular weight excluding hydrogens is 808 g/mol. The van der Waals surface area contributed by atoms with Gasteiger partial charge in [0.25, 0.3) is 0 Å². The lowest BCUT2D eigenvalue weighted by Crippen LogP contribution is -2.60. The Morgan fingerprint density at radius 3 is 2.45 bits per heavy atom. The van der Waals surface area contributed by atoms with Crippen LogP contribution in [0.25, 0.3) is 0 Å². The number of esters is 1. The van der Waals surface area contributed by atoms with Crippen LogP contribution in [0.15, 0.2) is 39.7 Å². The lowest BCUT2D eigenvalue weighted by atomic mass is 9.72. The van der Waals surface area contributed by atoms with Gasteiger partial charge in [0, 0.05) is 22.8 Å². The standard InChI is InChI=1S/C41H65BrN2O11S/c1-12-31-41(9,49)36-25(5)29(15-16-50-39(48)43-19-28-13-14-32(42)56-28)23(3)18-40(8,52-21-22(2)20-51-36)35(26(6)33(45)27(7)37(47)54-31)55-38-34(46)30(44(10)11)17-24(4)53-38/h13-15,23-27,30-31,33-36,38,45-46,49H,2,12,16-21H2,1,3-11H3,(H,43,48)/b29-15+/t23-,24-,25+,26+,27-,30+,31-,33+,34-,35-,36?,38?,40-,41-/m1/s1. The third kappa shape index (κ3) is 11.2. The highest BCUT2D eigenvalue weighted by atomic mass is 79.9. The van der Waals surface area contributed by atoms with Gasteiger partial charge in [0.2, 0.25) is 0 Å². The zero-order chi connectivity index (χ0) is 41.7. The maximum atomic E-state index is 13.9. The number of nitrogens with one attached hydrogen (secondary N) is 1. The van der Waals surface area contributed by atoms with Crippen LogP contribution in [0.3, 0.4) is 0 Å². The molecule has 3 saturated heterocycles. The average Bonchev–Trinajstić information content (AvgIpc) is 3.56. The zero-order valence-electron chi connectivity index (χ0n) is 34.7. The monoisotopic (exact) mass is 872 g/mol. The van der Waals surface area contributed by atoms with E-state index < -0.39 is 77.8 Å². The Morgan fingerprint density at radius 1 is 1.12 bits per heavy atom. The maximum Gasteiger partial charge on any atom is 0.407 e. The molecule has 4 heterocycles. The van der Waals surface area contributed by atoms with Crippen molar-refractivity contribution in [2.75, 3.05) is 33.9 Å². The molecule has 0 saturated carbocycles. The number of rotatable bonds is 8. The molecule has 3 aliphatic rings. The van der Waals surface area contributed by atoms with E-state index in [2.05, 4.69) is 27.8 Å². The SMILES string of the molecule is C=C1COC2[C@@H](C)/C(=C/COC(=O)NCc3ccc(Br)s3)[C@H](C)C[C@@](C)(OC1)[C@H](OC1O[C@H](C)C[C@H](N(C)C)[C@H]1O)[C@@H](C)[C@H](O)[C@@H](C)C(=O)O[C@H](CC)[C@@]2(C)O. The van der Waals surface area contributed by atoms with Crippen molar-refractivity contribution in [3.05, 3.63) is 44.6 Å². The summed E-state index contributed by atoms with van der Waals surface area (Å²) < 4.78 is 39.1. The average molecular weight is 874 g/mol. The molecule has 4 rings (SSSR count). The molecule has 15 heteroatoms. The Balaban J connectivity index is 1.82. The first-order chi connectivity index (χ1) is 26.2. The number of amides is 1. The maximum absolute atomic E-state index is 13.9. The third-order valence-electron chi connectivity index (χ3n) is 11.8. The van der Waals surface area contributed by atoms with Crippen LogP contribution in [0.5, 0.6) is 0 Å². The number of thiophene rings is 1. The van der Waals surface area contributed by atoms with Gasteiger partial charge in [0.05, 0.1) is 59.5 Å². The van der Waals surface area contributed by atoms with Gasteiger partial charge < -0.3 is 54.0 Å². The number of fused-ring (bicyclic) bond motifs is 5. The highest BCUT2D eigenvalue weighted by Gasteiger charge is 2.52. The number of alkyl carbamates (subject to hydrolysis) is 1. The van der Waals surface area contributed by atoms with Crippen LogP contribution >= 0.6 is 27.3 Å². The van der Waals surface area contributed by atoms with Crippen molar-refractivity contribution in [1.82, 2.24) is 10.2 Å². The van der Waals surface area contributed by atoms with Gasteiger partial charge in [-0.3, -0.25) is 4.79 Å². The fourth-order valence-electron chi connectivity index (χ4n) is 8.64. The van der Waals surface area contributed by atoms with Crippen LogP contribution in [0.1, 0.15) is 79.5 Å². The van der Waals surface area contributed by atoms with Crippen molar-refractivity contribution in [3.8, 4) is 0 Å². The number of hydrogen-bond donors (Lipinski definition) is 4. The minimum Gasteiger partial charge on any atom is -0.459 e. The lowest BCUT2D eigenvalue weighted by molar-refractivity contribution is -0.303. The Morgan fingerprint density at radius 2 is 1.82 bits per heavy atom. The number of halogens is 1. The summed E-state index contributed by atoms with van der Waals surface area (Å²) in [5.41, 5.74) is -1.48. The van der Waals surface area contributed by atoms with Gasteiger partial charge >= 0.3 is 12.1 Å². The van der Waals surface area contributed by atoms with Gasteiger partial charge in [-0.25, -0.2) is 4.79 Å². The minimum atomic E-state index is -1.70. The number of hydrogen-bond acceptors (Lipinski definition) is 13. The lowest BCUT2D eigenvalue weighted by Gasteiger charge is -2.48. The van der Waals surface area contributed by atoms with E-state index in [1.54, 1.807) is 20.8 Å². The number of carbonyl (C=O) groups is 2. The van der Waals surface area contributed by atoms with Crippen LogP contribution in [-0.4, -0.2) is 126 Å². The molecule has 14 atom stereocenters. The molecule has 4 N–H and O–H groups in total. The summed E-state index contributed by atoms with van der Waals surface area (Å²) in [5, 5.41) is 38.7. The molecule has 13 nitrogen and oxygen atoms in total. The molecule has 3 aliphatic heterocycles. The predicted molar refractivity (Wildman–Crippen MR) is 217 cm³/mol. The Labute approximate surface area is 345 Å². The molecule has 0 spiro atoms. The van der Waals surface area contributed by atoms with E-state index in [9.17, 15) is 24.9 Å². The van der Waals surface area contributed by atoms with Crippen LogP contribution in [0.4, 0.5) is 4.79 Å². The Bertz CT molecular complexity index is 1520. The number of cyclic esters (lactones) is 1. The van der Waals surface area contributed by atoms with Crippen molar-refractivity contribution in [2.45, 2.75) is 141 Å². The molecule has 56 heavy (non-hydrogen) atoms. The highest BCUT2D eigenvalue weighted by Crippen LogP contribution is 2.43. The molecule has 1 aromatic rings. The number of aliphatic hydroxyl groups excluding tert-OH is 2. The number of ether oxygens (including phenoxy) is 6. The third-order valence-corrected chi connectivity index (χ3v) is 13.4. The van der Waals surface area contributed by atoms with E-state index in [0.717, 1.165) is 14.2 Å². The van der Waals surface area contributed by atoms with E-state index >= 15 is 0 Å². The van der Waals surface area contributed by atoms with E-state index in [-0.39, 0.29) is 44.3 Å². The van der Waals surface area contributed by atoms with E-state index in [1.807, 2.05) is 71.8 Å². The van der Waals surface area contributed by atoms with Gasteiger partial charge in [0.15, 0.2) is 6.29 Å². The van der Waals surface area contributed by atoms with Gasteiger partial charge in [-0.05, 0) is 107 Å². The van der Waals surface area contributed by atoms with E-state index in [0.29, 0.717) is 25.0 Å². The second kappa shape index (κ2) is 19.9. The summed E-state index contributed by atoms with van der Waals surface area (Å²) in [6, 6.07) is 3.57. The Hall–Kier alpha value is -1.92. The molecule has 2 bridgehead atoms. The molecule has 3 fully saturated rings. The molecular formula is C41H65BrN2O11S. The fourth-order valence-corrected chi connectivity index (χ4v) is 10.1. The summed E-state index contributed by atoms with van der Waals surface area (Å²) in [6.07, 6.45) is -4.06. The fraction of sp³-hybridized carbons (Fsp3) is 0.756. The number of carbonyl (C=O) groups excluding carboxylic acids is 2. The van der Waals surface area contributed by atoms with Crippen molar-refractivity contribution in [2.24, 2.45) is 23.7 Å². The van der Waals surface area contributed by atoms with Crippen LogP contribution in [0.2, 0.25) is 0 Å². The smallest absolute Gasteiger partial charge is 0.407 e. The zero-order valence-corrected chi connectivity index (χ0v) is 37.1. The highest BCUT2D eigenvalue weighted by molar-refractivity contribution is 9.11. The minimum absolute atomic E-state index is 0.0254. The van der Waals surface area contributed by atoms with Crippen LogP contribution in [0, 0.1) is 23.7 Å². The summed E-state index contributed by atoms with van der Waals surface area (Å²) in [7, 11) is 3.79. The van der Waals surface area contributed by atoms with E-state index in [1.165, 1.54) is 11.3 Å². The van der Waals surface area contributed by atoms with Crippen molar-refractivity contribution in [1.29, 1.82) is 0 Å². The normalized spacial score (nSPS) is 40.0. The second-order valence-corrected chi connectivity index (χ2v) is 19.2. The van der Waals surface area contributed by atoms with Crippen molar-refractivity contribution in [3.63, 3.8) is 0 Å². The molecule has 0 aromatic carbocycles. The summed E-state index contributed by atoms with van der Waals surface area (Å²) in [6.45, 7) is 19.2. The number of nitrogens with zero attached hydrogens (tertiary/aromatic N) is 1.